The Kier molecular flexibility index (Phi) is 5.25. The Balaban J connectivity index is 1.77. The van der Waals surface area contributed by atoms with Gasteiger partial charge in [-0.25, -0.2) is 0 Å². The summed E-state index contributed by atoms with van der Waals surface area (Å²) < 4.78 is 5.85. The van der Waals surface area contributed by atoms with Crippen LogP contribution in [0.4, 0.5) is 0 Å². The van der Waals surface area contributed by atoms with Gasteiger partial charge in [-0.15, -0.1) is 0 Å². The molecule has 5 N–H and O–H groups in total. The smallest absolute Gasteiger partial charge is 0.202 e. The van der Waals surface area contributed by atoms with Crippen LogP contribution >= 0.6 is 0 Å². The highest BCUT2D eigenvalue weighted by Crippen LogP contribution is 2.44. The molecule has 31 heavy (non-hydrogen) atoms. The highest BCUT2D eigenvalue weighted by atomic mass is 16.5. The van der Waals surface area contributed by atoms with Crippen LogP contribution in [0, 0.1) is 18.8 Å². The maximum absolute atomic E-state index is 13.1. The summed E-state index contributed by atoms with van der Waals surface area (Å²) in [5.41, 5.74) is -0.0566. The molecule has 5 unspecified atom stereocenters. The number of hydrogen-bond donors (Lipinski definition) is 5. The fourth-order valence-electron chi connectivity index (χ4n) is 4.55. The predicted molar refractivity (Wildman–Crippen MR) is 109 cm³/mol. The van der Waals surface area contributed by atoms with E-state index < -0.39 is 35.6 Å². The monoisotopic (exact) mass is 428 g/mol. The van der Waals surface area contributed by atoms with Crippen LogP contribution in [0.1, 0.15) is 50.8 Å². The van der Waals surface area contributed by atoms with E-state index in [9.17, 15) is 35.1 Å². The molecule has 0 amide bonds. The highest BCUT2D eigenvalue weighted by molar-refractivity contribution is 6.30. The van der Waals surface area contributed by atoms with Gasteiger partial charge in [0, 0.05) is 17.7 Å². The average molecular weight is 428 g/mol. The molecule has 1 fully saturated rings. The molecule has 2 aliphatic rings. The van der Waals surface area contributed by atoms with Crippen molar-refractivity contribution in [1.82, 2.24) is 0 Å². The van der Waals surface area contributed by atoms with Crippen molar-refractivity contribution < 1.29 is 39.9 Å². The minimum absolute atomic E-state index is 0.00321. The molecule has 8 heteroatoms. The Hall–Kier alpha value is -2.94. The SMILES string of the molecule is Cc1cc2c(c(O)c1OC1CC(CO)C(C)C(O)C1O)C(=O)c1c(O)cccc1C2=O. The molecule has 0 saturated heterocycles. The number of aryl methyl sites for hydroxylation is 1. The molecule has 2 aromatic carbocycles. The zero-order chi connectivity index (χ0) is 22.6. The number of ether oxygens (including phenoxy) is 1. The van der Waals surface area contributed by atoms with Crippen LogP contribution in [-0.4, -0.2) is 62.0 Å². The minimum Gasteiger partial charge on any atom is -0.507 e. The number of aromatic hydroxyl groups is 2. The first-order valence-corrected chi connectivity index (χ1v) is 10.1. The van der Waals surface area contributed by atoms with E-state index in [1.807, 2.05) is 0 Å². The summed E-state index contributed by atoms with van der Waals surface area (Å²) in [6, 6.07) is 5.61. The molecule has 2 aromatic rings. The Morgan fingerprint density at radius 3 is 2.42 bits per heavy atom. The van der Waals surface area contributed by atoms with Gasteiger partial charge in [-0.2, -0.15) is 0 Å². The minimum atomic E-state index is -1.27. The molecule has 0 aromatic heterocycles. The van der Waals surface area contributed by atoms with Gasteiger partial charge in [0.05, 0.1) is 17.2 Å². The molecule has 0 bridgehead atoms. The summed E-state index contributed by atoms with van der Waals surface area (Å²) >= 11 is 0. The molecule has 0 spiro atoms. The van der Waals surface area contributed by atoms with Gasteiger partial charge in [0.2, 0.25) is 5.78 Å². The second-order valence-corrected chi connectivity index (χ2v) is 8.33. The van der Waals surface area contributed by atoms with E-state index in [1.54, 1.807) is 13.8 Å². The first kappa shape index (κ1) is 21.3. The van der Waals surface area contributed by atoms with Crippen molar-refractivity contribution in [2.75, 3.05) is 6.61 Å². The van der Waals surface area contributed by atoms with Crippen molar-refractivity contribution in [2.24, 2.45) is 11.8 Å². The summed E-state index contributed by atoms with van der Waals surface area (Å²) in [7, 11) is 0. The lowest BCUT2D eigenvalue weighted by Crippen LogP contribution is -2.52. The third kappa shape index (κ3) is 3.18. The van der Waals surface area contributed by atoms with Crippen molar-refractivity contribution in [1.29, 1.82) is 0 Å². The molecule has 4 rings (SSSR count). The maximum atomic E-state index is 13.1. The van der Waals surface area contributed by atoms with Gasteiger partial charge in [-0.1, -0.05) is 19.1 Å². The third-order valence-corrected chi connectivity index (χ3v) is 6.48. The van der Waals surface area contributed by atoms with E-state index in [-0.39, 0.29) is 58.6 Å². The maximum Gasteiger partial charge on any atom is 0.202 e. The highest BCUT2D eigenvalue weighted by Gasteiger charge is 2.43. The fraction of sp³-hybridized carbons (Fsp3) is 0.391. The molecule has 5 atom stereocenters. The summed E-state index contributed by atoms with van der Waals surface area (Å²) in [4.78, 5) is 26.0. The molecule has 0 aliphatic heterocycles. The van der Waals surface area contributed by atoms with Gasteiger partial charge >= 0.3 is 0 Å². The Bertz CT molecular complexity index is 1070. The number of carbonyl (C=O) groups excluding carboxylic acids is 2. The number of ketones is 2. The molecule has 0 heterocycles. The summed E-state index contributed by atoms with van der Waals surface area (Å²) in [6.07, 6.45) is -3.12. The van der Waals surface area contributed by atoms with Crippen molar-refractivity contribution in [3.8, 4) is 17.2 Å². The molecule has 164 valence electrons. The van der Waals surface area contributed by atoms with Crippen LogP contribution in [0.25, 0.3) is 0 Å². The molecule has 0 radical (unpaired) electrons. The third-order valence-electron chi connectivity index (χ3n) is 6.48. The van der Waals surface area contributed by atoms with Crippen molar-refractivity contribution in [3.63, 3.8) is 0 Å². The number of rotatable bonds is 3. The van der Waals surface area contributed by atoms with Gasteiger partial charge in [0.15, 0.2) is 17.3 Å². The van der Waals surface area contributed by atoms with Gasteiger partial charge in [-0.3, -0.25) is 9.59 Å². The number of hydrogen-bond acceptors (Lipinski definition) is 8. The number of phenols is 2. The molecule has 2 aliphatic carbocycles. The lowest BCUT2D eigenvalue weighted by atomic mass is 9.75. The first-order chi connectivity index (χ1) is 14.7. The van der Waals surface area contributed by atoms with Crippen molar-refractivity contribution >= 4 is 11.6 Å². The molecular weight excluding hydrogens is 404 g/mol. The van der Waals surface area contributed by atoms with E-state index >= 15 is 0 Å². The normalized spacial score (nSPS) is 27.6. The van der Waals surface area contributed by atoms with E-state index in [1.165, 1.54) is 24.3 Å². The standard InChI is InChI=1S/C23H24O8/c1-9-6-13-17(21(29)16-12(19(13)27)4-3-5-14(16)25)22(30)23(9)31-15-7-11(8-24)10(2)18(26)20(15)28/h3-6,10-11,15,18,20,24-26,28,30H,7-8H2,1-2H3. The van der Waals surface area contributed by atoms with E-state index in [0.717, 1.165) is 0 Å². The van der Waals surface area contributed by atoms with Crippen LogP contribution < -0.4 is 4.74 Å². The quantitative estimate of drug-likeness (QED) is 0.420. The van der Waals surface area contributed by atoms with Crippen LogP contribution in [-0.2, 0) is 0 Å². The predicted octanol–water partition coefficient (Wildman–Crippen LogP) is 1.30. The Morgan fingerprint density at radius 1 is 1.03 bits per heavy atom. The Labute approximate surface area is 178 Å². The van der Waals surface area contributed by atoms with Crippen molar-refractivity contribution in [3.05, 3.63) is 52.1 Å². The molecule has 8 nitrogen and oxygen atoms in total. The second kappa shape index (κ2) is 7.64. The Morgan fingerprint density at radius 2 is 1.74 bits per heavy atom. The largest absolute Gasteiger partial charge is 0.507 e. The first-order valence-electron chi connectivity index (χ1n) is 10.1. The van der Waals surface area contributed by atoms with Gasteiger partial charge in [0.25, 0.3) is 0 Å². The van der Waals surface area contributed by atoms with E-state index in [0.29, 0.717) is 5.56 Å². The summed E-state index contributed by atoms with van der Waals surface area (Å²) in [5.74, 6) is -2.92. The second-order valence-electron chi connectivity index (χ2n) is 8.33. The van der Waals surface area contributed by atoms with Gasteiger partial charge in [-0.05, 0) is 42.9 Å². The fourth-order valence-corrected chi connectivity index (χ4v) is 4.55. The average Bonchev–Trinajstić information content (AvgIpc) is 2.74. The molecule has 1 saturated carbocycles. The zero-order valence-corrected chi connectivity index (χ0v) is 17.1. The summed E-state index contributed by atoms with van der Waals surface area (Å²) in [6.45, 7) is 3.10. The lowest BCUT2D eigenvalue weighted by Gasteiger charge is -2.41. The van der Waals surface area contributed by atoms with Crippen LogP contribution in [0.2, 0.25) is 0 Å². The van der Waals surface area contributed by atoms with Gasteiger partial charge < -0.3 is 30.3 Å². The number of carbonyl (C=O) groups is 2. The van der Waals surface area contributed by atoms with Crippen LogP contribution in [0.3, 0.4) is 0 Å². The van der Waals surface area contributed by atoms with E-state index in [4.69, 9.17) is 4.74 Å². The summed E-state index contributed by atoms with van der Waals surface area (Å²) in [5, 5.41) is 51.4. The topological polar surface area (TPSA) is 145 Å². The van der Waals surface area contributed by atoms with Gasteiger partial charge in [0.1, 0.15) is 18.0 Å². The lowest BCUT2D eigenvalue weighted by molar-refractivity contribution is -0.124. The number of aliphatic hydroxyl groups is 3. The van der Waals surface area contributed by atoms with Crippen molar-refractivity contribution in [2.45, 2.75) is 38.6 Å². The molecular formula is C23H24O8. The number of benzene rings is 2. The van der Waals surface area contributed by atoms with E-state index in [2.05, 4.69) is 0 Å². The number of aliphatic hydroxyl groups excluding tert-OH is 3. The van der Waals surface area contributed by atoms with Crippen LogP contribution in [0.15, 0.2) is 24.3 Å². The number of fused-ring (bicyclic) bond motifs is 2. The zero-order valence-electron chi connectivity index (χ0n) is 17.1. The number of phenolic OH excluding ortho intramolecular Hbond substituents is 2. The van der Waals surface area contributed by atoms with Crippen LogP contribution in [0.5, 0.6) is 17.2 Å².